The monoisotopic (exact) mass is 754 g/mol. The van der Waals surface area contributed by atoms with Crippen molar-refractivity contribution in [3.63, 3.8) is 0 Å². The quantitative estimate of drug-likeness (QED) is 0.168. The first-order valence-corrected chi connectivity index (χ1v) is 20.3. The normalized spacial score (nSPS) is 15.3. The fourth-order valence-electron chi connectivity index (χ4n) is 10.1. The molecule has 1 aliphatic rings. The molecule has 3 heteroatoms. The van der Waals surface area contributed by atoms with Gasteiger partial charge in [-0.05, 0) is 84.9 Å². The summed E-state index contributed by atoms with van der Waals surface area (Å²) in [5.41, 5.74) is 11.4. The van der Waals surface area contributed by atoms with Gasteiger partial charge in [0.25, 0.3) is 0 Å². The van der Waals surface area contributed by atoms with Crippen molar-refractivity contribution in [2.75, 3.05) is 0 Å². The molecule has 1 aliphatic heterocycles. The molecule has 2 atom stereocenters. The van der Waals surface area contributed by atoms with Crippen LogP contribution in [0, 0.1) is 0 Å². The Morgan fingerprint density at radius 2 is 0.949 bits per heavy atom. The Kier molecular flexibility index (Phi) is 6.84. The third-order valence-corrected chi connectivity index (χ3v) is 12.6. The summed E-state index contributed by atoms with van der Waals surface area (Å²) < 4.78 is 21.0. The molecule has 0 spiro atoms. The van der Waals surface area contributed by atoms with Crippen molar-refractivity contribution in [1.29, 1.82) is 0 Å². The summed E-state index contributed by atoms with van der Waals surface area (Å²) in [6, 6.07) is 69.5. The number of hydrogen-bond donors (Lipinski definition) is 0. The molecule has 0 N–H and O–H groups in total. The molecule has 59 heavy (non-hydrogen) atoms. The van der Waals surface area contributed by atoms with Gasteiger partial charge in [0.1, 0.15) is 34.2 Å². The van der Waals surface area contributed by atoms with Gasteiger partial charge in [0.2, 0.25) is 0 Å². The summed E-state index contributed by atoms with van der Waals surface area (Å²) in [6.45, 7) is 0. The van der Waals surface area contributed by atoms with Gasteiger partial charge < -0.3 is 13.6 Å². The smallest absolute Gasteiger partial charge is 0.147 e. The van der Waals surface area contributed by atoms with Gasteiger partial charge in [-0.15, -0.1) is 0 Å². The van der Waals surface area contributed by atoms with Gasteiger partial charge in [-0.2, -0.15) is 0 Å². The summed E-state index contributed by atoms with van der Waals surface area (Å²) in [7, 11) is 0. The van der Waals surface area contributed by atoms with Gasteiger partial charge >= 0.3 is 0 Å². The largest absolute Gasteiger partial charge is 0.484 e. The van der Waals surface area contributed by atoms with Crippen molar-refractivity contribution in [2.24, 2.45) is 0 Å². The molecule has 2 aromatic heterocycles. The summed E-state index contributed by atoms with van der Waals surface area (Å²) in [4.78, 5) is 0. The minimum Gasteiger partial charge on any atom is -0.484 e. The van der Waals surface area contributed by atoms with E-state index in [1.54, 1.807) is 0 Å². The fourth-order valence-corrected chi connectivity index (χ4v) is 10.1. The van der Waals surface area contributed by atoms with Crippen molar-refractivity contribution < 1.29 is 13.6 Å². The van der Waals surface area contributed by atoms with Crippen LogP contribution in [-0.4, -0.2) is 0 Å². The average Bonchev–Trinajstić information content (AvgIpc) is 3.99. The van der Waals surface area contributed by atoms with Gasteiger partial charge in [0.05, 0.1) is 11.5 Å². The highest BCUT2D eigenvalue weighted by Crippen LogP contribution is 2.59. The number of hydrogen-bond acceptors (Lipinski definition) is 3. The molecule has 0 bridgehead atoms. The van der Waals surface area contributed by atoms with Gasteiger partial charge in [-0.25, -0.2) is 0 Å². The zero-order valence-electron chi connectivity index (χ0n) is 31.9. The lowest BCUT2D eigenvalue weighted by Crippen LogP contribution is -2.11. The van der Waals surface area contributed by atoms with E-state index in [1.165, 1.54) is 21.9 Å². The molecule has 3 nitrogen and oxygen atoms in total. The van der Waals surface area contributed by atoms with E-state index in [1.807, 2.05) is 6.07 Å². The lowest BCUT2D eigenvalue weighted by atomic mass is 9.81. The Labute approximate surface area is 339 Å². The first-order chi connectivity index (χ1) is 29.3. The molecule has 0 saturated carbocycles. The predicted molar refractivity (Wildman–Crippen MR) is 242 cm³/mol. The third-order valence-electron chi connectivity index (χ3n) is 12.6. The SMILES string of the molecule is c1ccc(C2c3cc4c(oc5ccccc54)c(-c4c5ccccc5c(-c5cccc6oc7ccccc7c56)c5ccccc45)c3OC2c2ccc3ccccc3c2)cc1. The second kappa shape index (κ2) is 12.4. The Morgan fingerprint density at radius 1 is 0.356 bits per heavy atom. The molecule has 13 rings (SSSR count). The molecule has 0 radical (unpaired) electrons. The highest BCUT2D eigenvalue weighted by Gasteiger charge is 2.41. The molecule has 0 aliphatic carbocycles. The number of benzene rings is 10. The molecular formula is C56H34O3. The average molecular weight is 755 g/mol. The summed E-state index contributed by atoms with van der Waals surface area (Å²) >= 11 is 0. The molecule has 0 amide bonds. The van der Waals surface area contributed by atoms with Crippen LogP contribution in [0.1, 0.15) is 28.7 Å². The van der Waals surface area contributed by atoms with E-state index in [0.29, 0.717) is 0 Å². The second-order valence-electron chi connectivity index (χ2n) is 15.8. The fraction of sp³-hybridized carbons (Fsp3) is 0.0357. The topological polar surface area (TPSA) is 35.5 Å². The lowest BCUT2D eigenvalue weighted by Gasteiger charge is -2.21. The Balaban J connectivity index is 1.17. The molecule has 2 unspecified atom stereocenters. The summed E-state index contributed by atoms with van der Waals surface area (Å²) in [6.07, 6.45) is -0.266. The Hall–Kier alpha value is -7.62. The molecule has 276 valence electrons. The molecule has 0 fully saturated rings. The van der Waals surface area contributed by atoms with Crippen molar-refractivity contribution in [1.82, 2.24) is 0 Å². The maximum absolute atomic E-state index is 7.53. The number of fused-ring (bicyclic) bond motifs is 10. The van der Waals surface area contributed by atoms with E-state index in [2.05, 4.69) is 188 Å². The first-order valence-electron chi connectivity index (χ1n) is 20.3. The van der Waals surface area contributed by atoms with E-state index in [4.69, 9.17) is 13.6 Å². The van der Waals surface area contributed by atoms with E-state index < -0.39 is 0 Å². The predicted octanol–water partition coefficient (Wildman–Crippen LogP) is 15.5. The summed E-state index contributed by atoms with van der Waals surface area (Å²) in [5, 5.41) is 11.4. The number of rotatable bonds is 4. The van der Waals surface area contributed by atoms with E-state index in [-0.39, 0.29) is 12.0 Å². The molecular weight excluding hydrogens is 721 g/mol. The van der Waals surface area contributed by atoms with Crippen molar-refractivity contribution >= 4 is 76.2 Å². The zero-order chi connectivity index (χ0) is 38.6. The number of ether oxygens (including phenoxy) is 1. The van der Waals surface area contributed by atoms with Gasteiger partial charge in [0.15, 0.2) is 0 Å². The van der Waals surface area contributed by atoms with E-state index in [0.717, 1.165) is 99.0 Å². The minimum absolute atomic E-state index is 0.0621. The van der Waals surface area contributed by atoms with Crippen LogP contribution < -0.4 is 4.74 Å². The van der Waals surface area contributed by atoms with Crippen LogP contribution in [0.5, 0.6) is 5.75 Å². The third kappa shape index (κ3) is 4.70. The highest BCUT2D eigenvalue weighted by molar-refractivity contribution is 6.28. The van der Waals surface area contributed by atoms with Crippen LogP contribution in [-0.2, 0) is 0 Å². The van der Waals surface area contributed by atoms with Gasteiger partial charge in [-0.1, -0.05) is 164 Å². The second-order valence-corrected chi connectivity index (χ2v) is 15.8. The van der Waals surface area contributed by atoms with Crippen molar-refractivity contribution in [3.8, 4) is 28.0 Å². The van der Waals surface area contributed by atoms with Crippen molar-refractivity contribution in [2.45, 2.75) is 12.0 Å². The van der Waals surface area contributed by atoms with Gasteiger partial charge in [0, 0.05) is 32.7 Å². The maximum Gasteiger partial charge on any atom is 0.147 e. The highest BCUT2D eigenvalue weighted by atomic mass is 16.5. The van der Waals surface area contributed by atoms with Crippen LogP contribution >= 0.6 is 0 Å². The zero-order valence-corrected chi connectivity index (χ0v) is 31.9. The van der Waals surface area contributed by atoms with Crippen LogP contribution in [0.2, 0.25) is 0 Å². The van der Waals surface area contributed by atoms with Crippen LogP contribution in [0.25, 0.3) is 98.4 Å². The van der Waals surface area contributed by atoms with Gasteiger partial charge in [-0.3, -0.25) is 0 Å². The van der Waals surface area contributed by atoms with Crippen LogP contribution in [0.15, 0.2) is 203 Å². The standard InChI is InChI=1S/C56H34O3/c1-2-16-34(17-3-1)49-45-32-44-37-19-10-12-26-46(37)58-55(44)53(56(45)59-54(49)36-30-29-33-15-4-5-18-35(33)31-36)52-40-22-8-6-20-38(40)50(39-21-7-9-23-41(39)52)43-25-14-28-48-51(43)42-24-11-13-27-47(42)57-48/h1-32,49,54H. The minimum atomic E-state index is -0.266. The van der Waals surface area contributed by atoms with Crippen LogP contribution in [0.3, 0.4) is 0 Å². The number of furan rings is 2. The van der Waals surface area contributed by atoms with Crippen molar-refractivity contribution in [3.05, 3.63) is 211 Å². The van der Waals surface area contributed by atoms with E-state index >= 15 is 0 Å². The Bertz CT molecular complexity index is 3610. The Morgan fingerprint density at radius 3 is 1.69 bits per heavy atom. The summed E-state index contributed by atoms with van der Waals surface area (Å²) in [5.74, 6) is 0.808. The first kappa shape index (κ1) is 32.5. The number of para-hydroxylation sites is 2. The molecule has 10 aromatic carbocycles. The maximum atomic E-state index is 7.53. The molecule has 12 aromatic rings. The molecule has 3 heterocycles. The van der Waals surface area contributed by atoms with Crippen LogP contribution in [0.4, 0.5) is 0 Å². The molecule has 0 saturated heterocycles. The van der Waals surface area contributed by atoms with E-state index in [9.17, 15) is 0 Å². The lowest BCUT2D eigenvalue weighted by molar-refractivity contribution is 0.223.